The summed E-state index contributed by atoms with van der Waals surface area (Å²) >= 11 is 0. The predicted molar refractivity (Wildman–Crippen MR) is 242 cm³/mol. The van der Waals surface area contributed by atoms with Crippen LogP contribution in [0.1, 0.15) is 193 Å². The van der Waals surface area contributed by atoms with E-state index >= 15 is 0 Å². The Kier molecular flexibility index (Phi) is 12.9. The van der Waals surface area contributed by atoms with Crippen LogP contribution in [0.4, 0.5) is 0 Å². The van der Waals surface area contributed by atoms with E-state index in [1.54, 1.807) is 0 Å². The summed E-state index contributed by atoms with van der Waals surface area (Å²) in [7, 11) is -29.2. The Hall–Kier alpha value is 1.30. The summed E-state index contributed by atoms with van der Waals surface area (Å²) in [6.45, 7) is 9.04. The van der Waals surface area contributed by atoms with E-state index in [1.807, 2.05) is 0 Å². The van der Waals surface area contributed by atoms with Crippen LogP contribution in [0.15, 0.2) is 0 Å². The number of hydrogen-bond donors (Lipinski definition) is 0. The molecule has 0 aromatic rings. The highest BCUT2D eigenvalue weighted by Crippen LogP contribution is 2.62. The van der Waals surface area contributed by atoms with E-state index in [0.29, 0.717) is 0 Å². The first-order chi connectivity index (χ1) is 28.4. The summed E-state index contributed by atoms with van der Waals surface area (Å²) in [5.74, 6) is 0. The van der Waals surface area contributed by atoms with Gasteiger partial charge in [-0.25, -0.2) is 0 Å². The SMILES string of the molecule is C[Si]1(C)O[Si]2(C3CCCCC3)O[Si]3(C4CCCCC4)O[Si](C)(C)O[Si]4(C5CCCCC5)O[Si](C5CCCCC5)(O3)O[Si](C3CCCCC3)(O1)O[Si](C1CCCCC1)(O2)O4. The third-order valence-electron chi connectivity index (χ3n) is 16.2. The minimum absolute atomic E-state index is 0.0900. The Morgan fingerprint density at radius 2 is 0.339 bits per heavy atom. The van der Waals surface area contributed by atoms with Crippen molar-refractivity contribution in [2.75, 3.05) is 0 Å². The van der Waals surface area contributed by atoms with E-state index in [9.17, 15) is 0 Å². The zero-order valence-corrected chi connectivity index (χ0v) is 45.2. The van der Waals surface area contributed by atoms with E-state index in [0.717, 1.165) is 154 Å². The molecular weight excluding hydrogens is 881 g/mol. The van der Waals surface area contributed by atoms with Crippen molar-refractivity contribution in [1.29, 1.82) is 0 Å². The minimum atomic E-state index is -3.90. The van der Waals surface area contributed by atoms with Crippen LogP contribution in [0.5, 0.6) is 0 Å². The van der Waals surface area contributed by atoms with E-state index < -0.39 is 69.9 Å². The fourth-order valence-electron chi connectivity index (χ4n) is 13.4. The largest absolute Gasteiger partial charge is 0.482 e. The van der Waals surface area contributed by atoms with Crippen LogP contribution in [0, 0.1) is 0 Å². The molecule has 6 aliphatic carbocycles. The van der Waals surface area contributed by atoms with Crippen molar-refractivity contribution < 1.29 is 45.3 Å². The number of rotatable bonds is 6. The Morgan fingerprint density at radius 3 is 0.492 bits per heavy atom. The van der Waals surface area contributed by atoms with Crippen molar-refractivity contribution in [1.82, 2.24) is 0 Å². The summed E-state index contributed by atoms with van der Waals surface area (Å²) in [5.41, 5.74) is 0.642. The van der Waals surface area contributed by atoms with E-state index in [-0.39, 0.29) is 33.2 Å². The third kappa shape index (κ3) is 8.50. The molecule has 7 saturated heterocycles. The highest BCUT2D eigenvalue weighted by molar-refractivity contribution is 7.02. The third-order valence-corrected chi connectivity index (χ3v) is 54.0. The van der Waals surface area contributed by atoms with Crippen molar-refractivity contribution in [2.45, 2.75) is 252 Å². The molecular formula is C40H78O11Si8. The van der Waals surface area contributed by atoms with Gasteiger partial charge >= 0.3 is 69.9 Å². The average molecular weight is 960 g/mol. The van der Waals surface area contributed by atoms with Crippen molar-refractivity contribution in [3.8, 4) is 0 Å². The maximum absolute atomic E-state index is 8.46. The lowest BCUT2D eigenvalue weighted by Gasteiger charge is -2.65. The second kappa shape index (κ2) is 17.2. The molecule has 0 radical (unpaired) electrons. The maximum atomic E-state index is 8.46. The van der Waals surface area contributed by atoms with Crippen LogP contribution in [0.25, 0.3) is 0 Å². The highest BCUT2D eigenvalue weighted by atomic mass is 28.6. The van der Waals surface area contributed by atoms with Gasteiger partial charge in [0.15, 0.2) is 0 Å². The van der Waals surface area contributed by atoms with Crippen molar-refractivity contribution in [3.63, 3.8) is 0 Å². The van der Waals surface area contributed by atoms with Gasteiger partial charge in [-0.2, -0.15) is 0 Å². The molecule has 59 heavy (non-hydrogen) atoms. The van der Waals surface area contributed by atoms with Gasteiger partial charge in [-0.1, -0.05) is 116 Å². The molecule has 7 heterocycles. The normalized spacial score (nSPS) is 45.2. The van der Waals surface area contributed by atoms with Crippen LogP contribution in [-0.4, -0.2) is 69.9 Å². The zero-order chi connectivity index (χ0) is 40.5. The van der Waals surface area contributed by atoms with E-state index in [4.69, 9.17) is 45.3 Å². The second-order valence-electron chi connectivity index (χ2n) is 21.6. The highest BCUT2D eigenvalue weighted by Gasteiger charge is 2.83. The first kappa shape index (κ1) is 44.1. The number of fused-ring (bicyclic) bond motifs is 4. The first-order valence-electron chi connectivity index (χ1n) is 25.1. The number of hydrogen-bond acceptors (Lipinski definition) is 11. The summed E-state index contributed by atoms with van der Waals surface area (Å²) in [4.78, 5) is 0. The monoisotopic (exact) mass is 958 g/mol. The molecule has 13 fully saturated rings. The Bertz CT molecular complexity index is 1360. The fourth-order valence-corrected chi connectivity index (χ4v) is 65.0. The Balaban J connectivity index is 1.31. The maximum Gasteiger partial charge on any atom is 0.482 e. The summed E-state index contributed by atoms with van der Waals surface area (Å²) < 4.78 is 91.2. The molecule has 7 aliphatic heterocycles. The molecule has 0 N–H and O–H groups in total. The molecule has 2 unspecified atom stereocenters. The van der Waals surface area contributed by atoms with Crippen LogP contribution >= 0.6 is 0 Å². The predicted octanol–water partition coefficient (Wildman–Crippen LogP) is 12.3. The van der Waals surface area contributed by atoms with Crippen molar-refractivity contribution >= 4 is 69.9 Å². The average Bonchev–Trinajstić information content (AvgIpc) is 3.23. The summed E-state index contributed by atoms with van der Waals surface area (Å²) in [6, 6.07) is 0. The molecule has 0 spiro atoms. The van der Waals surface area contributed by atoms with Crippen molar-refractivity contribution in [3.05, 3.63) is 0 Å². The standard InChI is InChI=1S/C40H78O11Si8/c1-52(2)41-54(35-23-11-5-12-24-35)45-55(36-25-13-6-14-26-36)42-53(3,4)44-57(38-29-17-8-18-30-38)49-59(47-55,40-33-21-10-22-34-40)50-56(43-52,37-27-15-7-16-28-37)48-58(46-54,51-57)39-31-19-9-20-32-39/h35-40H,5-34H2,1-4H3. The molecule has 0 amide bonds. The minimum Gasteiger partial charge on any atom is -0.394 e. The summed E-state index contributed by atoms with van der Waals surface area (Å²) in [6.07, 6.45) is 33.3. The van der Waals surface area contributed by atoms with Gasteiger partial charge < -0.3 is 45.3 Å². The van der Waals surface area contributed by atoms with Gasteiger partial charge in [-0.05, 0) is 103 Å². The topological polar surface area (TPSA) is 102 Å². The lowest BCUT2D eigenvalue weighted by molar-refractivity contribution is -0.0140. The molecule has 336 valence electrons. The summed E-state index contributed by atoms with van der Waals surface area (Å²) in [5, 5.41) is 0. The molecule has 11 nitrogen and oxygen atoms in total. The van der Waals surface area contributed by atoms with Crippen LogP contribution in [-0.2, 0) is 45.3 Å². The second-order valence-corrected chi connectivity index (χ2v) is 48.3. The molecule has 6 bridgehead atoms. The molecule has 2 atom stereocenters. The fraction of sp³-hybridized carbons (Fsp3) is 1.00. The quantitative estimate of drug-likeness (QED) is 0.238. The Labute approximate surface area is 365 Å². The van der Waals surface area contributed by atoms with E-state index in [1.165, 1.54) is 38.5 Å². The van der Waals surface area contributed by atoms with Gasteiger partial charge in [0, 0.05) is 33.2 Å². The van der Waals surface area contributed by atoms with Crippen LogP contribution in [0.2, 0.25) is 59.4 Å². The first-order valence-corrected chi connectivity index (χ1v) is 41.6. The zero-order valence-electron chi connectivity index (χ0n) is 37.2. The van der Waals surface area contributed by atoms with Gasteiger partial charge in [0.25, 0.3) is 0 Å². The van der Waals surface area contributed by atoms with Gasteiger partial charge in [0.2, 0.25) is 0 Å². The lowest BCUT2D eigenvalue weighted by Crippen LogP contribution is -2.87. The van der Waals surface area contributed by atoms with E-state index in [2.05, 4.69) is 26.2 Å². The van der Waals surface area contributed by atoms with Crippen LogP contribution < -0.4 is 0 Å². The lowest BCUT2D eigenvalue weighted by atomic mass is 10.0. The molecule has 13 aliphatic rings. The smallest absolute Gasteiger partial charge is 0.394 e. The van der Waals surface area contributed by atoms with Gasteiger partial charge in [-0.3, -0.25) is 0 Å². The van der Waals surface area contributed by atoms with Gasteiger partial charge in [0.1, 0.15) is 0 Å². The van der Waals surface area contributed by atoms with Crippen LogP contribution in [0.3, 0.4) is 0 Å². The Morgan fingerprint density at radius 1 is 0.203 bits per heavy atom. The molecule has 13 rings (SSSR count). The molecule has 6 saturated carbocycles. The van der Waals surface area contributed by atoms with Gasteiger partial charge in [-0.15, -0.1) is 0 Å². The van der Waals surface area contributed by atoms with Gasteiger partial charge in [0.05, 0.1) is 0 Å². The molecule has 0 aromatic carbocycles. The molecule has 0 aromatic heterocycles. The van der Waals surface area contributed by atoms with Crippen molar-refractivity contribution in [2.24, 2.45) is 0 Å². The molecule has 19 heteroatoms.